The maximum absolute atomic E-state index is 9.47. The van der Waals surface area contributed by atoms with E-state index in [2.05, 4.69) is 40.4 Å². The van der Waals surface area contributed by atoms with Gasteiger partial charge in [-0.05, 0) is 12.2 Å². The molecule has 0 saturated carbocycles. The number of hydrogen-bond acceptors (Lipinski definition) is 2. The second kappa shape index (κ2) is 17.1. The van der Waals surface area contributed by atoms with Crippen LogP contribution in [0.3, 0.4) is 0 Å². The molecular formula is C8H15CoN2O2. The van der Waals surface area contributed by atoms with Gasteiger partial charge in [-0.15, -0.1) is 0 Å². The van der Waals surface area contributed by atoms with Crippen LogP contribution in [0.4, 0.5) is 0 Å². The Balaban J connectivity index is -0.000000120. The van der Waals surface area contributed by atoms with Crippen molar-refractivity contribution in [2.24, 2.45) is 11.5 Å². The standard InChI is InChI=1S/2C3H5NO.C2H5.Co/c2*1-2-3(4)5;1-2;/h2*2H,1H2,(H2,4,5);1H2,2H3;. The van der Waals surface area contributed by atoms with Gasteiger partial charge in [0.2, 0.25) is 11.8 Å². The van der Waals surface area contributed by atoms with Gasteiger partial charge in [-0.2, -0.15) is 0 Å². The van der Waals surface area contributed by atoms with Gasteiger partial charge in [-0.3, -0.25) is 9.59 Å². The van der Waals surface area contributed by atoms with Crippen molar-refractivity contribution in [1.82, 2.24) is 0 Å². The number of nitrogens with two attached hydrogens (primary N) is 2. The van der Waals surface area contributed by atoms with E-state index in [1.807, 2.05) is 6.92 Å². The number of carbonyl (C=O) groups excluding carboxylic acids is 2. The van der Waals surface area contributed by atoms with Crippen molar-refractivity contribution in [2.75, 3.05) is 0 Å². The number of rotatable bonds is 2. The SMILES string of the molecule is C=CC(N)=O.C=CC(N)=O.C[CH2][Co]. The van der Waals surface area contributed by atoms with E-state index < -0.39 is 11.8 Å². The maximum atomic E-state index is 9.47. The molecule has 0 heterocycles. The van der Waals surface area contributed by atoms with Gasteiger partial charge in [-0.25, -0.2) is 0 Å². The van der Waals surface area contributed by atoms with Gasteiger partial charge in [0.05, 0.1) is 0 Å². The summed E-state index contributed by atoms with van der Waals surface area (Å²) < 4.78 is 0. The molecule has 0 rings (SSSR count). The summed E-state index contributed by atoms with van der Waals surface area (Å²) in [5, 5.41) is 0.938. The molecule has 0 aliphatic rings. The van der Waals surface area contributed by atoms with Crippen LogP contribution in [-0.4, -0.2) is 11.8 Å². The molecule has 0 aromatic carbocycles. The van der Waals surface area contributed by atoms with E-state index >= 15 is 0 Å². The van der Waals surface area contributed by atoms with Crippen LogP contribution in [-0.2, 0) is 25.3 Å². The Morgan fingerprint density at radius 3 is 1.31 bits per heavy atom. The molecule has 0 unspecified atom stereocenters. The minimum atomic E-state index is -0.481. The first-order valence-electron chi connectivity index (χ1n) is 3.32. The fourth-order valence-corrected chi connectivity index (χ4v) is 0. The fraction of sp³-hybridized carbons (Fsp3) is 0.250. The summed E-state index contributed by atoms with van der Waals surface area (Å²) in [6.07, 6.45) is 2.11. The molecule has 78 valence electrons. The molecule has 0 bridgehead atoms. The Morgan fingerprint density at radius 1 is 1.23 bits per heavy atom. The minimum absolute atomic E-state index is 0.481. The molecule has 0 atom stereocenters. The van der Waals surface area contributed by atoms with Gasteiger partial charge in [0, 0.05) is 0 Å². The number of hydrogen-bond donors (Lipinski definition) is 2. The molecule has 5 heteroatoms. The van der Waals surface area contributed by atoms with Crippen molar-refractivity contribution in [3.8, 4) is 0 Å². The van der Waals surface area contributed by atoms with Crippen LogP contribution in [0, 0.1) is 0 Å². The van der Waals surface area contributed by atoms with Crippen LogP contribution in [0.1, 0.15) is 6.92 Å². The third kappa shape index (κ3) is 102. The molecule has 0 fully saturated rings. The second-order valence-electron chi connectivity index (χ2n) is 1.45. The number of carbonyl (C=O) groups is 2. The monoisotopic (exact) mass is 230 g/mol. The predicted molar refractivity (Wildman–Crippen MR) is 49.3 cm³/mol. The average Bonchev–Trinajstić information content (AvgIpc) is 2.07. The molecule has 0 saturated heterocycles. The Hall–Kier alpha value is -1.07. The van der Waals surface area contributed by atoms with E-state index in [0.717, 1.165) is 17.5 Å². The van der Waals surface area contributed by atoms with Gasteiger partial charge >= 0.3 is 28.0 Å². The van der Waals surface area contributed by atoms with Gasteiger partial charge in [0.1, 0.15) is 0 Å². The summed E-state index contributed by atoms with van der Waals surface area (Å²) in [5.41, 5.74) is 9.07. The molecule has 2 amide bonds. The van der Waals surface area contributed by atoms with Gasteiger partial charge in [-0.1, -0.05) is 13.2 Å². The fourth-order valence-electron chi connectivity index (χ4n) is 0. The summed E-state index contributed by atoms with van der Waals surface area (Å²) in [4.78, 5) is 18.9. The molecule has 0 spiro atoms. The third-order valence-corrected chi connectivity index (χ3v) is 0.402. The molecular weight excluding hydrogens is 215 g/mol. The van der Waals surface area contributed by atoms with E-state index in [1.165, 1.54) is 0 Å². The van der Waals surface area contributed by atoms with Crippen molar-refractivity contribution < 1.29 is 25.3 Å². The van der Waals surface area contributed by atoms with Crippen molar-refractivity contribution >= 4 is 11.8 Å². The summed E-state index contributed by atoms with van der Waals surface area (Å²) in [7, 11) is 0. The van der Waals surface area contributed by atoms with Crippen LogP contribution in [0.2, 0.25) is 5.36 Å². The Morgan fingerprint density at radius 2 is 1.31 bits per heavy atom. The first-order chi connectivity index (χ1) is 5.95. The van der Waals surface area contributed by atoms with Crippen LogP contribution < -0.4 is 11.5 Å². The van der Waals surface area contributed by atoms with E-state index in [-0.39, 0.29) is 0 Å². The van der Waals surface area contributed by atoms with Crippen LogP contribution in [0.25, 0.3) is 0 Å². The summed E-state index contributed by atoms with van der Waals surface area (Å²) >= 11 is 3.83. The van der Waals surface area contributed by atoms with Crippen LogP contribution >= 0.6 is 0 Å². The first-order valence-corrected chi connectivity index (χ1v) is 4.06. The van der Waals surface area contributed by atoms with Crippen LogP contribution in [0.5, 0.6) is 0 Å². The van der Waals surface area contributed by atoms with E-state index in [4.69, 9.17) is 0 Å². The zero-order valence-electron chi connectivity index (χ0n) is 7.58. The third-order valence-electron chi connectivity index (χ3n) is 0.402. The predicted octanol–water partition coefficient (Wildman–Crippen LogP) is 0.287. The zero-order chi connectivity index (χ0) is 11.3. The van der Waals surface area contributed by atoms with Crippen LogP contribution in [0.15, 0.2) is 25.3 Å². The topological polar surface area (TPSA) is 86.2 Å². The normalized spacial score (nSPS) is 6.38. The summed E-state index contributed by atoms with van der Waals surface area (Å²) in [6, 6.07) is 0. The molecule has 13 heavy (non-hydrogen) atoms. The summed E-state index contributed by atoms with van der Waals surface area (Å²) in [6.45, 7) is 8.16. The molecule has 4 N–H and O–H groups in total. The molecule has 0 aromatic rings. The molecule has 0 aliphatic carbocycles. The van der Waals surface area contributed by atoms with E-state index in [9.17, 15) is 9.59 Å². The quantitative estimate of drug-likeness (QED) is 0.668. The van der Waals surface area contributed by atoms with E-state index in [0.29, 0.717) is 0 Å². The van der Waals surface area contributed by atoms with Crippen molar-refractivity contribution in [3.63, 3.8) is 0 Å². The van der Waals surface area contributed by atoms with Crippen molar-refractivity contribution in [1.29, 1.82) is 0 Å². The molecule has 0 aliphatic heterocycles. The van der Waals surface area contributed by atoms with Crippen molar-refractivity contribution in [2.45, 2.75) is 12.3 Å². The Kier molecular flexibility index (Phi) is 23.6. The molecule has 0 radical (unpaired) electrons. The van der Waals surface area contributed by atoms with E-state index in [1.54, 1.807) is 0 Å². The zero-order valence-corrected chi connectivity index (χ0v) is 8.62. The van der Waals surface area contributed by atoms with Gasteiger partial charge in [0.25, 0.3) is 0 Å². The number of amides is 2. The average molecular weight is 230 g/mol. The molecule has 4 nitrogen and oxygen atoms in total. The second-order valence-corrected chi connectivity index (χ2v) is 2.18. The Bertz CT molecular complexity index is 152. The molecule has 0 aromatic heterocycles. The Labute approximate surface area is 86.6 Å². The van der Waals surface area contributed by atoms with Gasteiger partial charge in [0.15, 0.2) is 0 Å². The first kappa shape index (κ1) is 17.9. The number of primary amides is 2. The van der Waals surface area contributed by atoms with Gasteiger partial charge < -0.3 is 11.5 Å². The summed E-state index contributed by atoms with van der Waals surface area (Å²) in [5.74, 6) is -0.963. The van der Waals surface area contributed by atoms with Crippen molar-refractivity contribution in [3.05, 3.63) is 25.3 Å².